The van der Waals surface area contributed by atoms with Crippen LogP contribution in [0.1, 0.15) is 12.8 Å². The first-order chi connectivity index (χ1) is 6.66. The number of nitrogens with zero attached hydrogens (tertiary/aromatic N) is 2. The molecule has 5 nitrogen and oxygen atoms in total. The second kappa shape index (κ2) is 3.53. The van der Waals surface area contributed by atoms with Crippen molar-refractivity contribution in [1.82, 2.24) is 4.98 Å². The van der Waals surface area contributed by atoms with Gasteiger partial charge >= 0.3 is 5.69 Å². The summed E-state index contributed by atoms with van der Waals surface area (Å²) in [5.41, 5.74) is -0.0832. The molecule has 1 aromatic rings. The lowest BCUT2D eigenvalue weighted by molar-refractivity contribution is -0.386. The lowest BCUT2D eigenvalue weighted by atomic mass is 10.4. The molecule has 1 aliphatic carbocycles. The molecule has 0 atom stereocenters. The maximum atomic E-state index is 10.6. The molecule has 0 aliphatic heterocycles. The van der Waals surface area contributed by atoms with Gasteiger partial charge in [-0.15, -0.1) is 0 Å². The number of hydrogen-bond donors (Lipinski definition) is 0. The van der Waals surface area contributed by atoms with Crippen molar-refractivity contribution in [2.75, 3.05) is 0 Å². The molecule has 0 bridgehead atoms. The van der Waals surface area contributed by atoms with Gasteiger partial charge in [-0.25, -0.2) is 4.98 Å². The first-order valence-corrected chi connectivity index (χ1v) is 4.92. The average molecular weight is 259 g/mol. The molecule has 0 radical (unpaired) electrons. The van der Waals surface area contributed by atoms with Crippen LogP contribution in [0.3, 0.4) is 0 Å². The molecule has 0 aromatic carbocycles. The van der Waals surface area contributed by atoms with Crippen LogP contribution in [0, 0.1) is 10.1 Å². The van der Waals surface area contributed by atoms with Crippen molar-refractivity contribution < 1.29 is 9.66 Å². The highest BCUT2D eigenvalue weighted by Gasteiger charge is 2.27. The quantitative estimate of drug-likeness (QED) is 0.474. The molecule has 2 rings (SSSR count). The van der Waals surface area contributed by atoms with Gasteiger partial charge in [-0.2, -0.15) is 0 Å². The molecule has 0 spiro atoms. The lowest BCUT2D eigenvalue weighted by Crippen LogP contribution is -2.00. The van der Waals surface area contributed by atoms with Crippen molar-refractivity contribution in [3.8, 4) is 5.75 Å². The highest BCUT2D eigenvalue weighted by atomic mass is 79.9. The Hall–Kier alpha value is -1.17. The van der Waals surface area contributed by atoms with Crippen LogP contribution < -0.4 is 4.74 Å². The topological polar surface area (TPSA) is 65.3 Å². The highest BCUT2D eigenvalue weighted by Crippen LogP contribution is 2.34. The lowest BCUT2D eigenvalue weighted by Gasteiger charge is -2.04. The first-order valence-electron chi connectivity index (χ1n) is 4.13. The van der Waals surface area contributed by atoms with Gasteiger partial charge in [0.25, 0.3) is 0 Å². The Kier molecular flexibility index (Phi) is 2.37. The van der Waals surface area contributed by atoms with Gasteiger partial charge in [0.05, 0.1) is 11.0 Å². The molecular formula is C8H7BrN2O3. The SMILES string of the molecule is O=[N+]([O-])c1cnc(Br)cc1OC1CC1. The molecule has 74 valence electrons. The maximum absolute atomic E-state index is 10.6. The summed E-state index contributed by atoms with van der Waals surface area (Å²) >= 11 is 3.14. The van der Waals surface area contributed by atoms with E-state index in [9.17, 15) is 10.1 Å². The van der Waals surface area contributed by atoms with Gasteiger partial charge < -0.3 is 4.74 Å². The van der Waals surface area contributed by atoms with E-state index in [0.717, 1.165) is 12.8 Å². The Morgan fingerprint density at radius 3 is 2.93 bits per heavy atom. The Morgan fingerprint density at radius 1 is 1.64 bits per heavy atom. The maximum Gasteiger partial charge on any atom is 0.329 e. The molecule has 0 amide bonds. The molecule has 0 saturated heterocycles. The second-order valence-corrected chi connectivity index (χ2v) is 3.86. The molecule has 6 heteroatoms. The molecule has 1 saturated carbocycles. The number of nitro groups is 1. The van der Waals surface area contributed by atoms with Crippen molar-refractivity contribution >= 4 is 21.6 Å². The average Bonchev–Trinajstić information content (AvgIpc) is 2.87. The van der Waals surface area contributed by atoms with E-state index in [-0.39, 0.29) is 11.8 Å². The van der Waals surface area contributed by atoms with E-state index in [2.05, 4.69) is 20.9 Å². The zero-order valence-corrected chi connectivity index (χ0v) is 8.73. The van der Waals surface area contributed by atoms with Gasteiger partial charge in [0, 0.05) is 6.07 Å². The second-order valence-electron chi connectivity index (χ2n) is 3.05. The third kappa shape index (κ3) is 2.01. The Morgan fingerprint density at radius 2 is 2.36 bits per heavy atom. The van der Waals surface area contributed by atoms with Gasteiger partial charge in [0.15, 0.2) is 0 Å². The minimum Gasteiger partial charge on any atom is -0.483 e. The van der Waals surface area contributed by atoms with Crippen molar-refractivity contribution in [2.45, 2.75) is 18.9 Å². The summed E-state index contributed by atoms with van der Waals surface area (Å²) in [5.74, 6) is 0.291. The third-order valence-corrected chi connectivity index (χ3v) is 2.26. The van der Waals surface area contributed by atoms with E-state index >= 15 is 0 Å². The van der Waals surface area contributed by atoms with Crippen LogP contribution in [0.2, 0.25) is 0 Å². The Bertz CT molecular complexity index is 379. The molecule has 1 heterocycles. The molecule has 0 N–H and O–H groups in total. The summed E-state index contributed by atoms with van der Waals surface area (Å²) in [4.78, 5) is 13.9. The molecule has 0 unspecified atom stereocenters. The number of halogens is 1. The van der Waals surface area contributed by atoms with Gasteiger partial charge in [-0.05, 0) is 28.8 Å². The van der Waals surface area contributed by atoms with E-state index in [0.29, 0.717) is 10.4 Å². The van der Waals surface area contributed by atoms with Crippen LogP contribution in [0.5, 0.6) is 5.75 Å². The van der Waals surface area contributed by atoms with Crippen molar-refractivity contribution in [2.24, 2.45) is 0 Å². The normalized spacial score (nSPS) is 15.2. The van der Waals surface area contributed by atoms with E-state index in [1.165, 1.54) is 12.3 Å². The van der Waals surface area contributed by atoms with Crippen molar-refractivity contribution in [3.05, 3.63) is 27.0 Å². The number of hydrogen-bond acceptors (Lipinski definition) is 4. The van der Waals surface area contributed by atoms with Crippen molar-refractivity contribution in [3.63, 3.8) is 0 Å². The third-order valence-electron chi connectivity index (χ3n) is 1.83. The van der Waals surface area contributed by atoms with Crippen LogP contribution in [-0.2, 0) is 0 Å². The minimum atomic E-state index is -0.489. The van der Waals surface area contributed by atoms with Crippen LogP contribution in [0.4, 0.5) is 5.69 Å². The van der Waals surface area contributed by atoms with Crippen LogP contribution in [0.25, 0.3) is 0 Å². The number of ether oxygens (including phenoxy) is 1. The summed E-state index contributed by atoms with van der Waals surface area (Å²) < 4.78 is 5.93. The molecule has 1 fully saturated rings. The number of pyridine rings is 1. The minimum absolute atomic E-state index is 0.0832. The zero-order valence-electron chi connectivity index (χ0n) is 7.14. The Labute approximate surface area is 88.4 Å². The van der Waals surface area contributed by atoms with Gasteiger partial charge in [-0.1, -0.05) is 0 Å². The van der Waals surface area contributed by atoms with Crippen molar-refractivity contribution in [1.29, 1.82) is 0 Å². The summed E-state index contributed by atoms with van der Waals surface area (Å²) in [6.07, 6.45) is 3.28. The highest BCUT2D eigenvalue weighted by molar-refractivity contribution is 9.10. The number of rotatable bonds is 3. The monoisotopic (exact) mass is 258 g/mol. The first kappa shape index (κ1) is 9.39. The Balaban J connectivity index is 2.31. The summed E-state index contributed by atoms with van der Waals surface area (Å²) in [7, 11) is 0. The fourth-order valence-corrected chi connectivity index (χ4v) is 1.31. The summed E-state index contributed by atoms with van der Waals surface area (Å²) in [6.45, 7) is 0. The molecular weight excluding hydrogens is 252 g/mol. The predicted molar refractivity (Wildman–Crippen MR) is 52.2 cm³/mol. The number of aromatic nitrogens is 1. The fraction of sp³-hybridized carbons (Fsp3) is 0.375. The standard InChI is InChI=1S/C8H7BrN2O3/c9-8-3-7(14-5-1-2-5)6(4-10-8)11(12)13/h3-5H,1-2H2. The zero-order chi connectivity index (χ0) is 10.1. The molecule has 14 heavy (non-hydrogen) atoms. The van der Waals surface area contributed by atoms with Crippen LogP contribution in [-0.4, -0.2) is 16.0 Å². The smallest absolute Gasteiger partial charge is 0.329 e. The van der Waals surface area contributed by atoms with Crippen LogP contribution in [0.15, 0.2) is 16.9 Å². The van der Waals surface area contributed by atoms with Gasteiger partial charge in [-0.3, -0.25) is 10.1 Å². The van der Waals surface area contributed by atoms with E-state index in [4.69, 9.17) is 4.74 Å². The van der Waals surface area contributed by atoms with E-state index in [1.54, 1.807) is 0 Å². The fourth-order valence-electron chi connectivity index (χ4n) is 1.00. The summed E-state index contributed by atoms with van der Waals surface area (Å²) in [6, 6.07) is 1.52. The van der Waals surface area contributed by atoms with Crippen LogP contribution >= 0.6 is 15.9 Å². The molecule has 1 aliphatic rings. The van der Waals surface area contributed by atoms with Gasteiger partial charge in [0.2, 0.25) is 5.75 Å². The molecule has 1 aromatic heterocycles. The van der Waals surface area contributed by atoms with E-state index in [1.807, 2.05) is 0 Å². The van der Waals surface area contributed by atoms with E-state index < -0.39 is 4.92 Å². The predicted octanol–water partition coefficient (Wildman–Crippen LogP) is 2.29. The summed E-state index contributed by atoms with van der Waals surface area (Å²) in [5, 5.41) is 10.6. The largest absolute Gasteiger partial charge is 0.483 e. The van der Waals surface area contributed by atoms with Gasteiger partial charge in [0.1, 0.15) is 10.8 Å².